The summed E-state index contributed by atoms with van der Waals surface area (Å²) in [5, 5.41) is 23.7. The van der Waals surface area contributed by atoms with E-state index in [1.165, 1.54) is 6.07 Å². The van der Waals surface area contributed by atoms with Gasteiger partial charge >= 0.3 is 0 Å². The van der Waals surface area contributed by atoms with Gasteiger partial charge in [-0.2, -0.15) is 0 Å². The molecular weight excluding hydrogens is 502 g/mol. The molecular formula is C29H25N3O5S. The van der Waals surface area contributed by atoms with Crippen LogP contribution in [0, 0.1) is 4.77 Å². The largest absolute Gasteiger partial charge is 0.507 e. The van der Waals surface area contributed by atoms with Gasteiger partial charge in [0.2, 0.25) is 5.88 Å². The molecule has 0 spiro atoms. The van der Waals surface area contributed by atoms with Gasteiger partial charge < -0.3 is 24.8 Å². The number of hydrogen-bond donors (Lipinski definition) is 4. The first-order valence-corrected chi connectivity index (χ1v) is 12.9. The van der Waals surface area contributed by atoms with Crippen molar-refractivity contribution >= 4 is 34.7 Å². The van der Waals surface area contributed by atoms with Crippen molar-refractivity contribution in [2.45, 2.75) is 25.2 Å². The van der Waals surface area contributed by atoms with E-state index < -0.39 is 11.5 Å². The molecule has 0 radical (unpaired) electrons. The summed E-state index contributed by atoms with van der Waals surface area (Å²) >= 11 is 5.21. The van der Waals surface area contributed by atoms with Gasteiger partial charge in [0.25, 0.3) is 11.5 Å². The minimum atomic E-state index is -0.997. The SMILES string of the molecule is O=C(C1=C(c2ccccc2O)Oc2[nH]c(=S)[nH]c(=O)c2C1c1ccc2ccccc2c1O)N1CCCCC1. The summed E-state index contributed by atoms with van der Waals surface area (Å²) in [6, 6.07) is 17.5. The van der Waals surface area contributed by atoms with E-state index in [9.17, 15) is 19.8 Å². The number of phenols is 2. The second kappa shape index (κ2) is 9.50. The first-order valence-electron chi connectivity index (χ1n) is 12.5. The maximum absolute atomic E-state index is 14.3. The average Bonchev–Trinajstić information content (AvgIpc) is 2.93. The smallest absolute Gasteiger partial charge is 0.259 e. The van der Waals surface area contributed by atoms with Gasteiger partial charge in [-0.05, 0) is 49.0 Å². The number of benzene rings is 3. The number of rotatable bonds is 3. The van der Waals surface area contributed by atoms with Gasteiger partial charge in [-0.25, -0.2) is 0 Å². The van der Waals surface area contributed by atoms with Crippen molar-refractivity contribution in [2.75, 3.05) is 13.1 Å². The third-order valence-electron chi connectivity index (χ3n) is 7.23. The third-order valence-corrected chi connectivity index (χ3v) is 7.44. The van der Waals surface area contributed by atoms with E-state index in [0.29, 0.717) is 29.6 Å². The number of ether oxygens (including phenoxy) is 1. The maximum Gasteiger partial charge on any atom is 0.259 e. The molecule has 1 aromatic heterocycles. The van der Waals surface area contributed by atoms with Crippen LogP contribution in [0.4, 0.5) is 0 Å². The number of para-hydroxylation sites is 1. The van der Waals surface area contributed by atoms with Crippen molar-refractivity contribution < 1.29 is 19.7 Å². The molecule has 1 amide bonds. The van der Waals surface area contributed by atoms with E-state index in [2.05, 4.69) is 9.97 Å². The first kappa shape index (κ1) is 24.0. The van der Waals surface area contributed by atoms with E-state index in [4.69, 9.17) is 17.0 Å². The number of aromatic nitrogens is 2. The fourth-order valence-corrected chi connectivity index (χ4v) is 5.61. The van der Waals surface area contributed by atoms with Crippen LogP contribution in [0.25, 0.3) is 16.5 Å². The highest BCUT2D eigenvalue weighted by atomic mass is 32.1. The Morgan fingerprint density at radius 1 is 0.947 bits per heavy atom. The van der Waals surface area contributed by atoms with Gasteiger partial charge in [0.15, 0.2) is 4.77 Å². The molecule has 0 aliphatic carbocycles. The predicted octanol–water partition coefficient (Wildman–Crippen LogP) is 4.94. The zero-order valence-electron chi connectivity index (χ0n) is 20.4. The standard InChI is InChI=1S/C29H25N3O5S/c33-20-11-5-4-10-18(20)25-22(28(36)32-14-6-1-7-15-32)21(23-26(35)30-29(38)31-27(23)37-25)19-13-12-16-8-2-3-9-17(16)24(19)34/h2-5,8-13,21,33-34H,1,6-7,14-15H2,(H2,30,31,35,38). The van der Waals surface area contributed by atoms with Crippen LogP contribution >= 0.6 is 12.2 Å². The van der Waals surface area contributed by atoms with Crippen molar-refractivity contribution in [2.24, 2.45) is 0 Å². The Morgan fingerprint density at radius 3 is 2.47 bits per heavy atom. The van der Waals surface area contributed by atoms with Crippen LogP contribution < -0.4 is 10.3 Å². The second-order valence-corrected chi connectivity index (χ2v) is 9.93. The predicted molar refractivity (Wildman–Crippen MR) is 146 cm³/mol. The Morgan fingerprint density at radius 2 is 1.68 bits per heavy atom. The molecule has 9 heteroatoms. The van der Waals surface area contributed by atoms with Gasteiger partial charge in [-0.15, -0.1) is 0 Å². The molecule has 3 aromatic carbocycles. The van der Waals surface area contributed by atoms with Gasteiger partial charge in [0.1, 0.15) is 17.3 Å². The Balaban J connectivity index is 1.70. The number of nitrogens with zero attached hydrogens (tertiary/aromatic N) is 1. The molecule has 1 unspecified atom stereocenters. The Bertz CT molecular complexity index is 1730. The molecule has 4 N–H and O–H groups in total. The second-order valence-electron chi connectivity index (χ2n) is 9.52. The zero-order valence-corrected chi connectivity index (χ0v) is 21.2. The van der Waals surface area contributed by atoms with Crippen LogP contribution in [0.3, 0.4) is 0 Å². The van der Waals surface area contributed by atoms with Gasteiger partial charge in [0, 0.05) is 24.0 Å². The number of aromatic amines is 2. The van der Waals surface area contributed by atoms with Gasteiger partial charge in [-0.1, -0.05) is 48.5 Å². The van der Waals surface area contributed by atoms with Gasteiger partial charge in [-0.3, -0.25) is 14.6 Å². The Hall–Kier alpha value is -4.37. The van der Waals surface area contributed by atoms with Crippen molar-refractivity contribution in [3.05, 3.63) is 98.1 Å². The highest BCUT2D eigenvalue weighted by Gasteiger charge is 2.42. The van der Waals surface area contributed by atoms with Crippen molar-refractivity contribution in [1.29, 1.82) is 0 Å². The number of carbonyl (C=O) groups excluding carboxylic acids is 1. The normalized spacial score (nSPS) is 17.3. The summed E-state index contributed by atoms with van der Waals surface area (Å²) < 4.78 is 6.27. The number of phenolic OH excluding ortho intramolecular Hbond substituents is 2. The summed E-state index contributed by atoms with van der Waals surface area (Å²) in [4.78, 5) is 34.9. The number of nitrogens with one attached hydrogen (secondary N) is 2. The molecule has 192 valence electrons. The molecule has 0 bridgehead atoms. The van der Waals surface area contributed by atoms with E-state index in [0.717, 1.165) is 24.6 Å². The number of hydrogen-bond acceptors (Lipinski definition) is 6. The molecule has 2 aliphatic heterocycles. The molecule has 1 saturated heterocycles. The average molecular weight is 528 g/mol. The number of piperidine rings is 1. The van der Waals surface area contributed by atoms with Crippen molar-refractivity contribution in [3.63, 3.8) is 0 Å². The topological polar surface area (TPSA) is 119 Å². The van der Waals surface area contributed by atoms with Crippen LogP contribution in [0.5, 0.6) is 17.4 Å². The Kier molecular flexibility index (Phi) is 6.00. The van der Waals surface area contributed by atoms with Crippen LogP contribution in [0.2, 0.25) is 0 Å². The number of H-pyrrole nitrogens is 2. The fourth-order valence-electron chi connectivity index (χ4n) is 5.42. The maximum atomic E-state index is 14.3. The molecule has 6 rings (SSSR count). The number of amides is 1. The summed E-state index contributed by atoms with van der Waals surface area (Å²) in [6.45, 7) is 1.13. The molecule has 2 aliphatic rings. The molecule has 0 saturated carbocycles. The lowest BCUT2D eigenvalue weighted by Gasteiger charge is -2.34. The van der Waals surface area contributed by atoms with Crippen molar-refractivity contribution in [1.82, 2.24) is 14.9 Å². The molecule has 3 heterocycles. The Labute approximate surface area is 222 Å². The zero-order chi connectivity index (χ0) is 26.4. The van der Waals surface area contributed by atoms with Gasteiger partial charge in [0.05, 0.1) is 22.6 Å². The molecule has 38 heavy (non-hydrogen) atoms. The van der Waals surface area contributed by atoms with Crippen molar-refractivity contribution in [3.8, 4) is 17.4 Å². The summed E-state index contributed by atoms with van der Waals surface area (Å²) in [6.07, 6.45) is 2.75. The molecule has 1 atom stereocenters. The quantitative estimate of drug-likeness (QED) is 0.280. The van der Waals surface area contributed by atoms with Crippen LogP contribution in [-0.4, -0.2) is 44.1 Å². The molecule has 1 fully saturated rings. The third kappa shape index (κ3) is 3.95. The van der Waals surface area contributed by atoms with E-state index in [1.54, 1.807) is 35.2 Å². The van der Waals surface area contributed by atoms with E-state index >= 15 is 0 Å². The molecule has 8 nitrogen and oxygen atoms in total. The van der Waals surface area contributed by atoms with Crippen LogP contribution in [0.15, 0.2) is 71.0 Å². The summed E-state index contributed by atoms with van der Waals surface area (Å²) in [7, 11) is 0. The highest BCUT2D eigenvalue weighted by Crippen LogP contribution is 2.48. The number of likely N-dealkylation sites (tertiary alicyclic amines) is 1. The number of carbonyl (C=O) groups is 1. The lowest BCUT2D eigenvalue weighted by Crippen LogP contribution is -2.40. The lowest BCUT2D eigenvalue weighted by atomic mass is 9.80. The summed E-state index contributed by atoms with van der Waals surface area (Å²) in [5.74, 6) is -1.26. The van der Waals surface area contributed by atoms with Crippen LogP contribution in [-0.2, 0) is 4.79 Å². The highest BCUT2D eigenvalue weighted by molar-refractivity contribution is 7.71. The fraction of sp³-hybridized carbons (Fsp3) is 0.207. The van der Waals surface area contributed by atoms with E-state index in [-0.39, 0.29) is 45.0 Å². The number of aromatic hydroxyl groups is 2. The number of fused-ring (bicyclic) bond motifs is 2. The molecule has 4 aromatic rings. The minimum Gasteiger partial charge on any atom is -0.507 e. The summed E-state index contributed by atoms with van der Waals surface area (Å²) in [5.41, 5.74) is 0.439. The van der Waals surface area contributed by atoms with E-state index in [1.807, 2.05) is 24.3 Å². The first-order chi connectivity index (χ1) is 18.4. The minimum absolute atomic E-state index is 0.0385. The lowest BCUT2D eigenvalue weighted by molar-refractivity contribution is -0.128. The monoisotopic (exact) mass is 527 g/mol. The van der Waals surface area contributed by atoms with Crippen LogP contribution in [0.1, 0.15) is 41.9 Å².